The first-order valence-corrected chi connectivity index (χ1v) is 9.63. The fourth-order valence-corrected chi connectivity index (χ4v) is 3.10. The van der Waals surface area contributed by atoms with E-state index in [9.17, 15) is 0 Å². The Morgan fingerprint density at radius 3 is 1.35 bits per heavy atom. The van der Waals surface area contributed by atoms with Crippen molar-refractivity contribution in [3.63, 3.8) is 0 Å². The van der Waals surface area contributed by atoms with Gasteiger partial charge in [0, 0.05) is 0 Å². The Labute approximate surface area is 130 Å². The molecule has 2 atom stereocenters. The van der Waals surface area contributed by atoms with Gasteiger partial charge in [-0.25, -0.2) is 0 Å². The standard InChI is InChI=1S/C20H41/c1-5-9-11-13-15-17-20(8-4)18-19(7-3)16-14-12-10-6-2/h18-20H,5-17H2,1-4H3. The molecule has 0 rings (SSSR count). The van der Waals surface area contributed by atoms with Crippen LogP contribution in [0, 0.1) is 18.3 Å². The van der Waals surface area contributed by atoms with E-state index in [4.69, 9.17) is 0 Å². The van der Waals surface area contributed by atoms with Gasteiger partial charge in [-0.2, -0.15) is 0 Å². The largest absolute Gasteiger partial charge is 0.0654 e. The van der Waals surface area contributed by atoms with Crippen LogP contribution in [0.25, 0.3) is 0 Å². The van der Waals surface area contributed by atoms with Crippen molar-refractivity contribution >= 4 is 0 Å². The Kier molecular flexibility index (Phi) is 15.4. The minimum Gasteiger partial charge on any atom is -0.0654 e. The molecule has 1 radical (unpaired) electrons. The van der Waals surface area contributed by atoms with Gasteiger partial charge in [0.05, 0.1) is 0 Å². The van der Waals surface area contributed by atoms with Crippen LogP contribution in [0.5, 0.6) is 0 Å². The Morgan fingerprint density at radius 1 is 0.550 bits per heavy atom. The van der Waals surface area contributed by atoms with Crippen molar-refractivity contribution in [3.8, 4) is 0 Å². The summed E-state index contributed by atoms with van der Waals surface area (Å²) in [6.07, 6.45) is 21.1. The first-order valence-electron chi connectivity index (χ1n) is 9.63. The number of unbranched alkanes of at least 4 members (excludes halogenated alkanes) is 7. The maximum absolute atomic E-state index is 2.71. The second-order valence-corrected chi connectivity index (χ2v) is 6.58. The highest BCUT2D eigenvalue weighted by Crippen LogP contribution is 2.26. The molecule has 121 valence electrons. The van der Waals surface area contributed by atoms with E-state index < -0.39 is 0 Å². The molecule has 0 bridgehead atoms. The van der Waals surface area contributed by atoms with Crippen molar-refractivity contribution in [2.45, 2.75) is 111 Å². The van der Waals surface area contributed by atoms with Gasteiger partial charge in [-0.3, -0.25) is 0 Å². The Hall–Kier alpha value is 0. The van der Waals surface area contributed by atoms with E-state index in [0.717, 1.165) is 11.8 Å². The van der Waals surface area contributed by atoms with E-state index in [-0.39, 0.29) is 0 Å². The normalized spacial score (nSPS) is 14.4. The quantitative estimate of drug-likeness (QED) is 0.271. The lowest BCUT2D eigenvalue weighted by Crippen LogP contribution is -2.09. The molecule has 0 aliphatic carbocycles. The van der Waals surface area contributed by atoms with Crippen LogP contribution in [-0.2, 0) is 0 Å². The summed E-state index contributed by atoms with van der Waals surface area (Å²) in [5.74, 6) is 1.76. The molecule has 0 aromatic heterocycles. The van der Waals surface area contributed by atoms with Gasteiger partial charge in [-0.1, -0.05) is 111 Å². The third kappa shape index (κ3) is 11.8. The third-order valence-electron chi connectivity index (χ3n) is 4.70. The Bertz CT molecular complexity index is 173. The van der Waals surface area contributed by atoms with Crippen molar-refractivity contribution in [2.75, 3.05) is 0 Å². The molecule has 0 saturated carbocycles. The molecule has 0 heterocycles. The number of rotatable bonds is 15. The lowest BCUT2D eigenvalue weighted by molar-refractivity contribution is 0.399. The van der Waals surface area contributed by atoms with Crippen LogP contribution < -0.4 is 0 Å². The third-order valence-corrected chi connectivity index (χ3v) is 4.70. The fraction of sp³-hybridized carbons (Fsp3) is 0.950. The summed E-state index contributed by atoms with van der Waals surface area (Å²) in [7, 11) is 0. The molecule has 0 heteroatoms. The van der Waals surface area contributed by atoms with Crippen molar-refractivity contribution < 1.29 is 0 Å². The molecule has 0 fully saturated rings. The highest BCUT2D eigenvalue weighted by atomic mass is 14.2. The zero-order valence-electron chi connectivity index (χ0n) is 14.9. The summed E-state index contributed by atoms with van der Waals surface area (Å²) in [4.78, 5) is 0. The topological polar surface area (TPSA) is 0 Å². The van der Waals surface area contributed by atoms with E-state index in [2.05, 4.69) is 34.1 Å². The average Bonchev–Trinajstić information content (AvgIpc) is 2.48. The maximum atomic E-state index is 2.71. The lowest BCUT2D eigenvalue weighted by Gasteiger charge is -2.21. The van der Waals surface area contributed by atoms with E-state index in [0.29, 0.717) is 0 Å². The first kappa shape index (κ1) is 20.0. The number of hydrogen-bond acceptors (Lipinski definition) is 0. The van der Waals surface area contributed by atoms with Crippen molar-refractivity contribution in [1.82, 2.24) is 0 Å². The smallest absolute Gasteiger partial charge is 0.0324 e. The average molecular weight is 282 g/mol. The van der Waals surface area contributed by atoms with Crippen LogP contribution in [0.4, 0.5) is 0 Å². The van der Waals surface area contributed by atoms with Crippen LogP contribution in [0.15, 0.2) is 0 Å². The maximum Gasteiger partial charge on any atom is -0.0324 e. The summed E-state index contributed by atoms with van der Waals surface area (Å²) in [6, 6.07) is 0. The molecule has 0 nitrogen and oxygen atoms in total. The predicted octanol–water partition coefficient (Wildman–Crippen LogP) is 7.57. The molecule has 2 unspecified atom stereocenters. The van der Waals surface area contributed by atoms with E-state index >= 15 is 0 Å². The van der Waals surface area contributed by atoms with Crippen LogP contribution >= 0.6 is 0 Å². The SMILES string of the molecule is CCCCCCCC([CH]C(CC)CCCCCC)CC. The van der Waals surface area contributed by atoms with Crippen molar-refractivity contribution in [1.29, 1.82) is 0 Å². The summed E-state index contributed by atoms with van der Waals surface area (Å²) in [5, 5.41) is 0. The molecule has 0 aliphatic heterocycles. The fourth-order valence-electron chi connectivity index (χ4n) is 3.10. The van der Waals surface area contributed by atoms with Gasteiger partial charge in [-0.15, -0.1) is 0 Å². The summed E-state index contributed by atoms with van der Waals surface area (Å²) in [5.41, 5.74) is 0. The minimum absolute atomic E-state index is 0.882. The Morgan fingerprint density at radius 2 is 0.950 bits per heavy atom. The second-order valence-electron chi connectivity index (χ2n) is 6.58. The number of hydrogen-bond donors (Lipinski definition) is 0. The molecule has 0 saturated heterocycles. The van der Waals surface area contributed by atoms with Gasteiger partial charge in [-0.05, 0) is 18.3 Å². The molecule has 0 aromatic carbocycles. The van der Waals surface area contributed by atoms with Gasteiger partial charge < -0.3 is 0 Å². The van der Waals surface area contributed by atoms with Gasteiger partial charge in [0.15, 0.2) is 0 Å². The van der Waals surface area contributed by atoms with Crippen LogP contribution in [0.2, 0.25) is 0 Å². The van der Waals surface area contributed by atoms with Gasteiger partial charge in [0.2, 0.25) is 0 Å². The highest BCUT2D eigenvalue weighted by molar-refractivity contribution is 4.82. The summed E-state index contributed by atoms with van der Waals surface area (Å²) in [6.45, 7) is 9.34. The zero-order valence-corrected chi connectivity index (χ0v) is 14.9. The monoisotopic (exact) mass is 281 g/mol. The minimum atomic E-state index is 0.882. The summed E-state index contributed by atoms with van der Waals surface area (Å²) >= 11 is 0. The van der Waals surface area contributed by atoms with Crippen LogP contribution in [0.1, 0.15) is 111 Å². The van der Waals surface area contributed by atoms with Crippen molar-refractivity contribution in [3.05, 3.63) is 6.42 Å². The molecule has 20 heavy (non-hydrogen) atoms. The first-order chi connectivity index (χ1) is 9.78. The van der Waals surface area contributed by atoms with Crippen LogP contribution in [0.3, 0.4) is 0 Å². The molecule has 0 spiro atoms. The van der Waals surface area contributed by atoms with E-state index in [1.54, 1.807) is 0 Å². The lowest BCUT2D eigenvalue weighted by atomic mass is 9.84. The second kappa shape index (κ2) is 15.4. The molecule has 0 aromatic rings. The van der Waals surface area contributed by atoms with Gasteiger partial charge >= 0.3 is 0 Å². The molecular weight excluding hydrogens is 240 g/mol. The molecule has 0 amide bonds. The Balaban J connectivity index is 3.74. The van der Waals surface area contributed by atoms with Crippen molar-refractivity contribution in [2.24, 2.45) is 11.8 Å². The van der Waals surface area contributed by atoms with Gasteiger partial charge in [0.1, 0.15) is 0 Å². The van der Waals surface area contributed by atoms with Crippen LogP contribution in [-0.4, -0.2) is 0 Å². The summed E-state index contributed by atoms with van der Waals surface area (Å²) < 4.78 is 0. The zero-order chi connectivity index (χ0) is 15.1. The molecule has 0 aliphatic rings. The predicted molar refractivity (Wildman–Crippen MR) is 94.0 cm³/mol. The molecule has 0 N–H and O–H groups in total. The van der Waals surface area contributed by atoms with Gasteiger partial charge in [0.25, 0.3) is 0 Å². The van der Waals surface area contributed by atoms with E-state index in [1.165, 1.54) is 83.5 Å². The molecular formula is C20H41. The van der Waals surface area contributed by atoms with E-state index in [1.807, 2.05) is 0 Å². The highest BCUT2D eigenvalue weighted by Gasteiger charge is 2.14.